The predicted octanol–water partition coefficient (Wildman–Crippen LogP) is 2.99. The Balaban J connectivity index is 1.39. The molecular formula is C24H22N2O4S. The van der Waals surface area contributed by atoms with Crippen molar-refractivity contribution in [3.63, 3.8) is 0 Å². The highest BCUT2D eigenvalue weighted by molar-refractivity contribution is 7.71. The molecule has 1 aromatic heterocycles. The highest BCUT2D eigenvalue weighted by Gasteiger charge is 2.25. The summed E-state index contributed by atoms with van der Waals surface area (Å²) < 4.78 is 28.0. The van der Waals surface area contributed by atoms with Crippen LogP contribution in [0.25, 0.3) is 17.2 Å². The van der Waals surface area contributed by atoms with Crippen LogP contribution in [-0.2, 0) is 27.7 Å². The van der Waals surface area contributed by atoms with E-state index in [-0.39, 0.29) is 17.8 Å². The number of amides is 1. The fourth-order valence-electron chi connectivity index (χ4n) is 3.53. The van der Waals surface area contributed by atoms with Gasteiger partial charge in [-0.15, -0.1) is 0 Å². The lowest BCUT2D eigenvalue weighted by Crippen LogP contribution is -2.33. The fourth-order valence-corrected chi connectivity index (χ4v) is 4.04. The van der Waals surface area contributed by atoms with Gasteiger partial charge in [-0.3, -0.25) is 9.78 Å². The van der Waals surface area contributed by atoms with E-state index >= 15 is 0 Å². The Labute approximate surface area is 182 Å². The van der Waals surface area contributed by atoms with Gasteiger partial charge in [0.15, 0.2) is 0 Å². The first-order chi connectivity index (χ1) is 15.1. The van der Waals surface area contributed by atoms with E-state index in [0.29, 0.717) is 13.0 Å². The van der Waals surface area contributed by atoms with Crippen molar-refractivity contribution in [2.24, 2.45) is 0 Å². The molecule has 31 heavy (non-hydrogen) atoms. The van der Waals surface area contributed by atoms with Crippen molar-refractivity contribution in [2.75, 3.05) is 6.54 Å². The topological polar surface area (TPSA) is 85.4 Å². The number of pyridine rings is 1. The minimum atomic E-state index is -2.44. The number of nitrogens with one attached hydrogen (secondary N) is 1. The molecule has 7 heteroatoms. The number of hydrogen-bond acceptors (Lipinski definition) is 5. The molecule has 1 aliphatic rings. The third-order valence-electron chi connectivity index (χ3n) is 5.00. The summed E-state index contributed by atoms with van der Waals surface area (Å²) in [5, 5.41) is 2.88. The number of nitrogens with zero attached hydrogens (tertiary/aromatic N) is 1. The van der Waals surface area contributed by atoms with Gasteiger partial charge in [-0.05, 0) is 34.9 Å². The van der Waals surface area contributed by atoms with Crippen molar-refractivity contribution in [1.29, 1.82) is 0 Å². The van der Waals surface area contributed by atoms with Gasteiger partial charge in [0.25, 0.3) is 0 Å². The van der Waals surface area contributed by atoms with E-state index in [1.54, 1.807) is 12.3 Å². The molecule has 1 amide bonds. The third-order valence-corrected chi connectivity index (χ3v) is 5.63. The zero-order chi connectivity index (χ0) is 21.6. The molecule has 0 spiro atoms. The van der Waals surface area contributed by atoms with Gasteiger partial charge >= 0.3 is 0 Å². The molecule has 1 aliphatic heterocycles. The lowest BCUT2D eigenvalue weighted by molar-refractivity contribution is -0.116. The van der Waals surface area contributed by atoms with E-state index in [1.165, 1.54) is 6.08 Å². The average molecular weight is 435 g/mol. The summed E-state index contributed by atoms with van der Waals surface area (Å²) in [6.45, 7) is 0.398. The molecule has 2 heterocycles. The molecule has 0 saturated heterocycles. The van der Waals surface area contributed by atoms with Crippen LogP contribution in [0.2, 0.25) is 0 Å². The standard InChI is InChI=1S/C24H22N2O4S/c27-23(12-11-20-5-1-2-13-25-20)26-15-21-14-19-4-3-6-22(24(19)30-21)18-9-7-17(8-10-18)16-31(28)29/h1-13,21,31H,14-16H2,(H,26,27)/b12-11+. The Bertz CT molecular complexity index is 1160. The second-order valence-electron chi connectivity index (χ2n) is 7.26. The number of para-hydroxylation sites is 1. The highest BCUT2D eigenvalue weighted by Crippen LogP contribution is 2.38. The lowest BCUT2D eigenvalue weighted by atomic mass is 10.00. The molecule has 0 fully saturated rings. The molecule has 6 nitrogen and oxygen atoms in total. The number of ether oxygens (including phenoxy) is 1. The van der Waals surface area contributed by atoms with Crippen molar-refractivity contribution < 1.29 is 17.9 Å². The Morgan fingerprint density at radius 3 is 2.68 bits per heavy atom. The fraction of sp³-hybridized carbons (Fsp3) is 0.167. The molecule has 158 valence electrons. The number of carbonyl (C=O) groups excluding carboxylic acids is 1. The van der Waals surface area contributed by atoms with E-state index in [9.17, 15) is 13.2 Å². The van der Waals surface area contributed by atoms with E-state index in [1.807, 2.05) is 60.7 Å². The van der Waals surface area contributed by atoms with Gasteiger partial charge in [0.1, 0.15) is 22.6 Å². The predicted molar refractivity (Wildman–Crippen MR) is 120 cm³/mol. The molecule has 0 bridgehead atoms. The molecule has 1 N–H and O–H groups in total. The van der Waals surface area contributed by atoms with Crippen molar-refractivity contribution >= 4 is 22.7 Å². The minimum Gasteiger partial charge on any atom is -0.487 e. The van der Waals surface area contributed by atoms with Crippen molar-refractivity contribution in [1.82, 2.24) is 10.3 Å². The number of aromatic nitrogens is 1. The van der Waals surface area contributed by atoms with Crippen molar-refractivity contribution in [3.8, 4) is 16.9 Å². The van der Waals surface area contributed by atoms with Crippen LogP contribution < -0.4 is 10.1 Å². The van der Waals surface area contributed by atoms with Gasteiger partial charge in [0.05, 0.1) is 18.0 Å². The largest absolute Gasteiger partial charge is 0.487 e. The van der Waals surface area contributed by atoms with E-state index in [2.05, 4.69) is 10.3 Å². The Morgan fingerprint density at radius 2 is 1.94 bits per heavy atom. The van der Waals surface area contributed by atoms with Crippen LogP contribution in [0.5, 0.6) is 5.75 Å². The maximum atomic E-state index is 12.1. The summed E-state index contributed by atoms with van der Waals surface area (Å²) in [5.41, 5.74) is 4.49. The number of benzene rings is 2. The molecule has 1 unspecified atom stereocenters. The normalized spacial score (nSPS) is 15.1. The molecule has 0 aliphatic carbocycles. The quantitative estimate of drug-likeness (QED) is 0.441. The van der Waals surface area contributed by atoms with Crippen LogP contribution in [0.15, 0.2) is 72.9 Å². The number of rotatable bonds is 7. The molecule has 0 radical (unpaired) electrons. The Kier molecular flexibility index (Phi) is 6.43. The average Bonchev–Trinajstić information content (AvgIpc) is 3.20. The molecule has 3 aromatic rings. The van der Waals surface area contributed by atoms with E-state index in [4.69, 9.17) is 4.74 Å². The first kappa shape index (κ1) is 20.8. The van der Waals surface area contributed by atoms with Gasteiger partial charge < -0.3 is 10.1 Å². The SMILES string of the molecule is O=C(/C=C/c1ccccn1)NCC1Cc2cccc(-c3ccc(C[SH](=O)=O)cc3)c2O1. The second kappa shape index (κ2) is 9.57. The molecule has 2 aromatic carbocycles. The highest BCUT2D eigenvalue weighted by atomic mass is 32.2. The summed E-state index contributed by atoms with van der Waals surface area (Å²) in [6.07, 6.45) is 5.38. The summed E-state index contributed by atoms with van der Waals surface area (Å²) in [6, 6.07) is 19.0. The lowest BCUT2D eigenvalue weighted by Gasteiger charge is -2.13. The second-order valence-corrected chi connectivity index (χ2v) is 8.24. The molecule has 1 atom stereocenters. The van der Waals surface area contributed by atoms with Gasteiger partial charge in [0, 0.05) is 24.3 Å². The van der Waals surface area contributed by atoms with Crippen LogP contribution in [0.1, 0.15) is 16.8 Å². The number of fused-ring (bicyclic) bond motifs is 1. The number of hydrogen-bond donors (Lipinski definition) is 2. The van der Waals surface area contributed by atoms with Crippen LogP contribution in [0, 0.1) is 0 Å². The van der Waals surface area contributed by atoms with E-state index in [0.717, 1.165) is 33.7 Å². The first-order valence-electron chi connectivity index (χ1n) is 9.95. The summed E-state index contributed by atoms with van der Waals surface area (Å²) in [7, 11) is -2.44. The Hall–Kier alpha value is -3.45. The van der Waals surface area contributed by atoms with E-state index < -0.39 is 10.7 Å². The summed E-state index contributed by atoms with van der Waals surface area (Å²) >= 11 is 0. The third kappa shape index (κ3) is 5.38. The van der Waals surface area contributed by atoms with Gasteiger partial charge in [-0.1, -0.05) is 48.5 Å². The smallest absolute Gasteiger partial charge is 0.244 e. The zero-order valence-electron chi connectivity index (χ0n) is 16.7. The monoisotopic (exact) mass is 434 g/mol. The van der Waals surface area contributed by atoms with Crippen LogP contribution >= 0.6 is 0 Å². The molecule has 4 rings (SSSR count). The van der Waals surface area contributed by atoms with Crippen molar-refractivity contribution in [3.05, 3.63) is 89.8 Å². The van der Waals surface area contributed by atoms with Crippen LogP contribution in [-0.4, -0.2) is 32.0 Å². The summed E-state index contributed by atoms with van der Waals surface area (Å²) in [5.74, 6) is 0.654. The Morgan fingerprint density at radius 1 is 1.10 bits per heavy atom. The van der Waals surface area contributed by atoms with Gasteiger partial charge in [-0.2, -0.15) is 0 Å². The number of thiol groups is 1. The van der Waals surface area contributed by atoms with Crippen LogP contribution in [0.4, 0.5) is 0 Å². The maximum Gasteiger partial charge on any atom is 0.244 e. The van der Waals surface area contributed by atoms with Gasteiger partial charge in [-0.25, -0.2) is 8.42 Å². The molecular weight excluding hydrogens is 412 g/mol. The minimum absolute atomic E-state index is 0.0373. The van der Waals surface area contributed by atoms with Crippen molar-refractivity contribution in [2.45, 2.75) is 18.3 Å². The van der Waals surface area contributed by atoms with Gasteiger partial charge in [0.2, 0.25) is 5.91 Å². The first-order valence-corrected chi connectivity index (χ1v) is 11.3. The maximum absolute atomic E-state index is 12.1. The summed E-state index contributed by atoms with van der Waals surface area (Å²) in [4.78, 5) is 16.3. The molecule has 0 saturated carbocycles. The number of carbonyl (C=O) groups is 1. The zero-order valence-corrected chi connectivity index (χ0v) is 17.6. The van der Waals surface area contributed by atoms with Crippen LogP contribution in [0.3, 0.4) is 0 Å².